The number of hydrogen-bond acceptors (Lipinski definition) is 1. The lowest BCUT2D eigenvalue weighted by molar-refractivity contribution is -0.137. The summed E-state index contributed by atoms with van der Waals surface area (Å²) in [5, 5.41) is 9.99. The van der Waals surface area contributed by atoms with Gasteiger partial charge in [-0.15, -0.1) is 0 Å². The molecule has 0 aliphatic heterocycles. The molecule has 1 atom stereocenters. The lowest BCUT2D eigenvalue weighted by atomic mass is 9.68. The van der Waals surface area contributed by atoms with Gasteiger partial charge in [0.1, 0.15) is 0 Å². The summed E-state index contributed by atoms with van der Waals surface area (Å²) in [6.45, 7) is 6.70. The Balaban J connectivity index is 2.27. The summed E-state index contributed by atoms with van der Waals surface area (Å²) in [5.74, 6) is 0.873. The van der Waals surface area contributed by atoms with E-state index in [0.717, 1.165) is 25.7 Å². The van der Waals surface area contributed by atoms with Crippen LogP contribution in [0, 0.1) is 17.3 Å². The van der Waals surface area contributed by atoms with Crippen molar-refractivity contribution in [1.29, 1.82) is 0 Å². The third-order valence-corrected chi connectivity index (χ3v) is 4.50. The Bertz CT molecular complexity index is 260. The van der Waals surface area contributed by atoms with Crippen LogP contribution >= 0.6 is 0 Å². The highest BCUT2D eigenvalue weighted by Gasteiger charge is 2.33. The molecule has 1 rings (SSSR count). The van der Waals surface area contributed by atoms with E-state index in [0.29, 0.717) is 11.3 Å². The van der Waals surface area contributed by atoms with Crippen molar-refractivity contribution in [1.82, 2.24) is 0 Å². The maximum Gasteiger partial charge on any atom is 0.389 e. The van der Waals surface area contributed by atoms with Gasteiger partial charge in [-0.25, -0.2) is 0 Å². The molecule has 114 valence electrons. The third kappa shape index (κ3) is 6.15. The van der Waals surface area contributed by atoms with Crippen molar-refractivity contribution in [3.63, 3.8) is 0 Å². The van der Waals surface area contributed by atoms with E-state index < -0.39 is 18.7 Å². The zero-order chi connectivity index (χ0) is 14.7. The zero-order valence-electron chi connectivity index (χ0n) is 12.3. The first-order valence-corrected chi connectivity index (χ1v) is 7.34. The van der Waals surface area contributed by atoms with E-state index in [2.05, 4.69) is 20.8 Å². The summed E-state index contributed by atoms with van der Waals surface area (Å²) in [5.41, 5.74) is 0.298. The smallest absolute Gasteiger partial charge is 0.389 e. The quantitative estimate of drug-likeness (QED) is 0.774. The van der Waals surface area contributed by atoms with Crippen LogP contribution in [-0.2, 0) is 0 Å². The normalized spacial score (nSPS) is 27.3. The Morgan fingerprint density at radius 2 is 1.58 bits per heavy atom. The summed E-state index contributed by atoms with van der Waals surface area (Å²) in [4.78, 5) is 0. The highest BCUT2D eigenvalue weighted by atomic mass is 19.4. The van der Waals surface area contributed by atoms with Gasteiger partial charge in [-0.1, -0.05) is 20.8 Å². The van der Waals surface area contributed by atoms with Crippen molar-refractivity contribution in [3.8, 4) is 0 Å². The van der Waals surface area contributed by atoms with Crippen LogP contribution in [-0.4, -0.2) is 17.4 Å². The molecule has 1 aliphatic carbocycles. The van der Waals surface area contributed by atoms with Crippen molar-refractivity contribution in [2.75, 3.05) is 0 Å². The highest BCUT2D eigenvalue weighted by molar-refractivity contribution is 4.83. The van der Waals surface area contributed by atoms with Crippen molar-refractivity contribution in [2.24, 2.45) is 17.3 Å². The maximum atomic E-state index is 12.0. The SMILES string of the molecule is CC(C)(C)C1CCC(C(O)CCCC(F)(F)F)CC1. The fourth-order valence-corrected chi connectivity index (χ4v) is 3.12. The van der Waals surface area contributed by atoms with Gasteiger partial charge in [0.2, 0.25) is 0 Å². The van der Waals surface area contributed by atoms with Gasteiger partial charge < -0.3 is 5.11 Å². The van der Waals surface area contributed by atoms with Crippen molar-refractivity contribution < 1.29 is 18.3 Å². The highest BCUT2D eigenvalue weighted by Crippen LogP contribution is 2.41. The molecule has 1 saturated carbocycles. The summed E-state index contributed by atoms with van der Waals surface area (Å²) in [6, 6.07) is 0. The number of halogens is 3. The molecule has 19 heavy (non-hydrogen) atoms. The minimum atomic E-state index is -4.09. The number of aliphatic hydroxyl groups excluding tert-OH is 1. The summed E-state index contributed by atoms with van der Waals surface area (Å²) in [7, 11) is 0. The van der Waals surface area contributed by atoms with Gasteiger partial charge in [0, 0.05) is 6.42 Å². The van der Waals surface area contributed by atoms with Crippen molar-refractivity contribution in [3.05, 3.63) is 0 Å². The van der Waals surface area contributed by atoms with E-state index in [9.17, 15) is 18.3 Å². The number of alkyl halides is 3. The molecular weight excluding hydrogens is 253 g/mol. The van der Waals surface area contributed by atoms with E-state index in [-0.39, 0.29) is 18.8 Å². The summed E-state index contributed by atoms with van der Waals surface area (Å²) >= 11 is 0. The topological polar surface area (TPSA) is 20.2 Å². The van der Waals surface area contributed by atoms with Gasteiger partial charge in [0.15, 0.2) is 0 Å². The molecule has 0 aromatic rings. The minimum absolute atomic E-state index is 0.0455. The maximum absolute atomic E-state index is 12.0. The zero-order valence-corrected chi connectivity index (χ0v) is 12.3. The summed E-state index contributed by atoms with van der Waals surface area (Å²) < 4.78 is 36.1. The molecule has 0 saturated heterocycles. The molecule has 0 spiro atoms. The van der Waals surface area contributed by atoms with E-state index in [1.54, 1.807) is 0 Å². The van der Waals surface area contributed by atoms with Gasteiger partial charge in [-0.2, -0.15) is 13.2 Å². The fourth-order valence-electron chi connectivity index (χ4n) is 3.12. The predicted octanol–water partition coefficient (Wildman–Crippen LogP) is 4.93. The van der Waals surface area contributed by atoms with Crippen molar-refractivity contribution in [2.45, 2.75) is 78.0 Å². The van der Waals surface area contributed by atoms with Gasteiger partial charge in [0.25, 0.3) is 0 Å². The molecule has 0 aromatic carbocycles. The van der Waals surface area contributed by atoms with Crippen LogP contribution in [0.2, 0.25) is 0 Å². The van der Waals surface area contributed by atoms with Gasteiger partial charge in [-0.3, -0.25) is 0 Å². The Labute approximate surface area is 114 Å². The Morgan fingerprint density at radius 3 is 2.00 bits per heavy atom. The minimum Gasteiger partial charge on any atom is -0.393 e. The molecule has 1 N–H and O–H groups in total. The molecule has 0 heterocycles. The monoisotopic (exact) mass is 280 g/mol. The molecule has 0 aromatic heterocycles. The summed E-state index contributed by atoms with van der Waals surface area (Å²) in [6.07, 6.45) is -1.01. The average molecular weight is 280 g/mol. The molecule has 0 radical (unpaired) electrons. The fraction of sp³-hybridized carbons (Fsp3) is 1.00. The molecule has 1 aliphatic rings. The third-order valence-electron chi connectivity index (χ3n) is 4.50. The van der Waals surface area contributed by atoms with Crippen LogP contribution in [0.25, 0.3) is 0 Å². The van der Waals surface area contributed by atoms with E-state index in [1.807, 2.05) is 0 Å². The Morgan fingerprint density at radius 1 is 1.05 bits per heavy atom. The van der Waals surface area contributed by atoms with Crippen LogP contribution in [0.15, 0.2) is 0 Å². The first-order chi connectivity index (χ1) is 8.59. The van der Waals surface area contributed by atoms with Gasteiger partial charge in [-0.05, 0) is 55.8 Å². The lowest BCUT2D eigenvalue weighted by Gasteiger charge is -2.38. The largest absolute Gasteiger partial charge is 0.393 e. The molecule has 4 heteroatoms. The Kier molecular flexibility index (Phi) is 5.72. The molecule has 1 nitrogen and oxygen atoms in total. The Hall–Kier alpha value is -0.250. The predicted molar refractivity (Wildman–Crippen MR) is 70.8 cm³/mol. The van der Waals surface area contributed by atoms with Crippen LogP contribution in [0.5, 0.6) is 0 Å². The number of rotatable bonds is 4. The second-order valence-electron chi connectivity index (χ2n) is 7.05. The standard InChI is InChI=1S/C15H27F3O/c1-14(2,3)12-8-6-11(7-9-12)13(19)5-4-10-15(16,17)18/h11-13,19H,4-10H2,1-3H3. The van der Waals surface area contributed by atoms with Gasteiger partial charge in [0.05, 0.1) is 6.10 Å². The number of aliphatic hydroxyl groups is 1. The van der Waals surface area contributed by atoms with Crippen LogP contribution in [0.3, 0.4) is 0 Å². The van der Waals surface area contributed by atoms with E-state index in [1.165, 1.54) is 0 Å². The van der Waals surface area contributed by atoms with E-state index in [4.69, 9.17) is 0 Å². The second kappa shape index (κ2) is 6.47. The number of hydrogen-bond donors (Lipinski definition) is 1. The first-order valence-electron chi connectivity index (χ1n) is 7.34. The molecular formula is C15H27F3O. The average Bonchev–Trinajstić information content (AvgIpc) is 2.26. The molecule has 1 unspecified atom stereocenters. The van der Waals surface area contributed by atoms with Crippen LogP contribution in [0.4, 0.5) is 13.2 Å². The van der Waals surface area contributed by atoms with Crippen molar-refractivity contribution >= 4 is 0 Å². The first kappa shape index (κ1) is 16.8. The van der Waals surface area contributed by atoms with Gasteiger partial charge >= 0.3 is 6.18 Å². The molecule has 1 fully saturated rings. The second-order valence-corrected chi connectivity index (χ2v) is 7.05. The molecule has 0 bridgehead atoms. The lowest BCUT2D eigenvalue weighted by Crippen LogP contribution is -2.31. The van der Waals surface area contributed by atoms with Crippen LogP contribution in [0.1, 0.15) is 65.7 Å². The van der Waals surface area contributed by atoms with E-state index >= 15 is 0 Å². The molecule has 0 amide bonds. The van der Waals surface area contributed by atoms with Crippen LogP contribution < -0.4 is 0 Å².